The SMILES string of the molecule is Cn1cc(C(=O)N2CCCC[C@H]2C(N)=O)cn1. The number of carbonyl (C=O) groups is 2. The Kier molecular flexibility index (Phi) is 3.12. The average Bonchev–Trinajstić information content (AvgIpc) is 2.75. The number of piperidine rings is 1. The van der Waals surface area contributed by atoms with Crippen LogP contribution in [0.25, 0.3) is 0 Å². The molecule has 92 valence electrons. The molecule has 1 aromatic heterocycles. The summed E-state index contributed by atoms with van der Waals surface area (Å²) in [5.74, 6) is -0.594. The number of aryl methyl sites for hydroxylation is 1. The Morgan fingerprint density at radius 2 is 2.24 bits per heavy atom. The van der Waals surface area contributed by atoms with Crippen LogP contribution in [0, 0.1) is 0 Å². The lowest BCUT2D eigenvalue weighted by atomic mass is 10.0. The normalized spacial score (nSPS) is 20.3. The highest BCUT2D eigenvalue weighted by Crippen LogP contribution is 2.19. The average molecular weight is 236 g/mol. The highest BCUT2D eigenvalue weighted by molar-refractivity contribution is 5.97. The quantitative estimate of drug-likeness (QED) is 0.778. The van der Waals surface area contributed by atoms with E-state index in [-0.39, 0.29) is 5.91 Å². The summed E-state index contributed by atoms with van der Waals surface area (Å²) < 4.78 is 1.57. The van der Waals surface area contributed by atoms with E-state index < -0.39 is 11.9 Å². The summed E-state index contributed by atoms with van der Waals surface area (Å²) in [6.07, 6.45) is 5.66. The highest BCUT2D eigenvalue weighted by Gasteiger charge is 2.31. The number of hydrogen-bond donors (Lipinski definition) is 1. The summed E-state index contributed by atoms with van der Waals surface area (Å²) in [6.45, 7) is 0.585. The Morgan fingerprint density at radius 1 is 1.47 bits per heavy atom. The number of nitrogens with zero attached hydrogens (tertiary/aromatic N) is 3. The molecule has 6 nitrogen and oxygen atoms in total. The van der Waals surface area contributed by atoms with Crippen LogP contribution in [0.15, 0.2) is 12.4 Å². The van der Waals surface area contributed by atoms with Gasteiger partial charge >= 0.3 is 0 Å². The Labute approximate surface area is 99.4 Å². The van der Waals surface area contributed by atoms with Crippen molar-refractivity contribution < 1.29 is 9.59 Å². The van der Waals surface area contributed by atoms with Crippen molar-refractivity contribution in [3.63, 3.8) is 0 Å². The minimum atomic E-state index is -0.476. The van der Waals surface area contributed by atoms with Gasteiger partial charge in [0.2, 0.25) is 5.91 Å². The molecule has 2 N–H and O–H groups in total. The van der Waals surface area contributed by atoms with Crippen LogP contribution in [0.4, 0.5) is 0 Å². The fourth-order valence-electron chi connectivity index (χ4n) is 2.17. The van der Waals surface area contributed by atoms with E-state index in [0.717, 1.165) is 12.8 Å². The molecule has 1 aliphatic rings. The Hall–Kier alpha value is -1.85. The zero-order valence-electron chi connectivity index (χ0n) is 9.80. The fraction of sp³-hybridized carbons (Fsp3) is 0.545. The molecule has 0 spiro atoms. The van der Waals surface area contributed by atoms with Crippen molar-refractivity contribution in [2.24, 2.45) is 12.8 Å². The van der Waals surface area contributed by atoms with Crippen LogP contribution in [-0.4, -0.2) is 39.1 Å². The van der Waals surface area contributed by atoms with Crippen LogP contribution in [0.2, 0.25) is 0 Å². The first kappa shape index (κ1) is 11.6. The summed E-state index contributed by atoms with van der Waals surface area (Å²) in [5.41, 5.74) is 5.83. The lowest BCUT2D eigenvalue weighted by molar-refractivity contribution is -0.123. The van der Waals surface area contributed by atoms with Gasteiger partial charge in [0.25, 0.3) is 5.91 Å². The zero-order chi connectivity index (χ0) is 12.4. The molecule has 6 heteroatoms. The van der Waals surface area contributed by atoms with Crippen molar-refractivity contribution in [3.8, 4) is 0 Å². The van der Waals surface area contributed by atoms with Crippen LogP contribution in [0.5, 0.6) is 0 Å². The Bertz CT molecular complexity index is 440. The van der Waals surface area contributed by atoms with Gasteiger partial charge in [0, 0.05) is 19.8 Å². The van der Waals surface area contributed by atoms with Crippen molar-refractivity contribution in [2.45, 2.75) is 25.3 Å². The standard InChI is InChI=1S/C11H16N4O2/c1-14-7-8(6-13-14)11(17)15-5-3-2-4-9(15)10(12)16/h6-7,9H,2-5H2,1H3,(H2,12,16)/t9-/m0/s1. The molecule has 1 saturated heterocycles. The van der Waals surface area contributed by atoms with Gasteiger partial charge in [-0.3, -0.25) is 14.3 Å². The van der Waals surface area contributed by atoms with Gasteiger partial charge in [0.15, 0.2) is 0 Å². The van der Waals surface area contributed by atoms with Gasteiger partial charge < -0.3 is 10.6 Å². The smallest absolute Gasteiger partial charge is 0.257 e. The highest BCUT2D eigenvalue weighted by atomic mass is 16.2. The molecular weight excluding hydrogens is 220 g/mol. The first-order chi connectivity index (χ1) is 8.09. The molecule has 0 aromatic carbocycles. The Morgan fingerprint density at radius 3 is 2.82 bits per heavy atom. The Balaban J connectivity index is 2.19. The number of aromatic nitrogens is 2. The number of primary amides is 1. The van der Waals surface area contributed by atoms with Crippen molar-refractivity contribution in [1.82, 2.24) is 14.7 Å². The number of likely N-dealkylation sites (tertiary alicyclic amines) is 1. The van der Waals surface area contributed by atoms with Crippen LogP contribution in [0.1, 0.15) is 29.6 Å². The fourth-order valence-corrected chi connectivity index (χ4v) is 2.17. The lowest BCUT2D eigenvalue weighted by Crippen LogP contribution is -2.50. The molecule has 17 heavy (non-hydrogen) atoms. The summed E-state index contributed by atoms with van der Waals surface area (Å²) in [4.78, 5) is 25.1. The first-order valence-corrected chi connectivity index (χ1v) is 5.68. The summed E-state index contributed by atoms with van der Waals surface area (Å²) in [7, 11) is 1.75. The monoisotopic (exact) mass is 236 g/mol. The van der Waals surface area contributed by atoms with E-state index in [2.05, 4.69) is 5.10 Å². The molecule has 2 rings (SSSR count). The van der Waals surface area contributed by atoms with Gasteiger partial charge in [-0.15, -0.1) is 0 Å². The maximum atomic E-state index is 12.2. The molecule has 2 heterocycles. The number of amides is 2. The van der Waals surface area contributed by atoms with Gasteiger partial charge in [-0.1, -0.05) is 0 Å². The van der Waals surface area contributed by atoms with Gasteiger partial charge in [0.1, 0.15) is 6.04 Å². The number of nitrogens with two attached hydrogens (primary N) is 1. The summed E-state index contributed by atoms with van der Waals surface area (Å²) in [5, 5.41) is 3.96. The van der Waals surface area contributed by atoms with E-state index in [1.165, 1.54) is 6.20 Å². The number of carbonyl (C=O) groups excluding carboxylic acids is 2. The van der Waals surface area contributed by atoms with Crippen LogP contribution in [0.3, 0.4) is 0 Å². The van der Waals surface area contributed by atoms with Crippen LogP contribution < -0.4 is 5.73 Å². The lowest BCUT2D eigenvalue weighted by Gasteiger charge is -2.33. The maximum absolute atomic E-state index is 12.2. The molecular formula is C11H16N4O2. The molecule has 2 amide bonds. The second kappa shape index (κ2) is 4.57. The number of rotatable bonds is 2. The van der Waals surface area contributed by atoms with E-state index in [0.29, 0.717) is 18.5 Å². The van der Waals surface area contributed by atoms with Crippen LogP contribution >= 0.6 is 0 Å². The van der Waals surface area contributed by atoms with E-state index in [4.69, 9.17) is 5.73 Å². The van der Waals surface area contributed by atoms with Crippen LogP contribution in [-0.2, 0) is 11.8 Å². The van der Waals surface area contributed by atoms with Gasteiger partial charge in [0.05, 0.1) is 11.8 Å². The predicted molar refractivity (Wildman–Crippen MR) is 61.1 cm³/mol. The van der Waals surface area contributed by atoms with Crippen molar-refractivity contribution in [2.75, 3.05) is 6.54 Å². The van der Waals surface area contributed by atoms with Gasteiger partial charge in [-0.05, 0) is 19.3 Å². The van der Waals surface area contributed by atoms with E-state index in [1.54, 1.807) is 22.8 Å². The third-order valence-corrected chi connectivity index (χ3v) is 3.04. The molecule has 0 bridgehead atoms. The third kappa shape index (κ3) is 2.30. The maximum Gasteiger partial charge on any atom is 0.257 e. The molecule has 1 fully saturated rings. The van der Waals surface area contributed by atoms with E-state index in [1.807, 2.05) is 0 Å². The zero-order valence-corrected chi connectivity index (χ0v) is 9.80. The minimum Gasteiger partial charge on any atom is -0.368 e. The topological polar surface area (TPSA) is 81.2 Å². The molecule has 1 aromatic rings. The molecule has 1 aliphatic heterocycles. The summed E-state index contributed by atoms with van der Waals surface area (Å²) >= 11 is 0. The third-order valence-electron chi connectivity index (χ3n) is 3.04. The molecule has 0 unspecified atom stereocenters. The second-order valence-corrected chi connectivity index (χ2v) is 4.32. The van der Waals surface area contributed by atoms with E-state index >= 15 is 0 Å². The van der Waals surface area contributed by atoms with Gasteiger partial charge in [-0.25, -0.2) is 0 Å². The molecule has 0 saturated carbocycles. The molecule has 1 atom stereocenters. The predicted octanol–water partition coefficient (Wildman–Crippen LogP) is -0.0999. The van der Waals surface area contributed by atoms with Gasteiger partial charge in [-0.2, -0.15) is 5.10 Å². The first-order valence-electron chi connectivity index (χ1n) is 5.68. The molecule has 0 aliphatic carbocycles. The van der Waals surface area contributed by atoms with Crippen molar-refractivity contribution >= 4 is 11.8 Å². The largest absolute Gasteiger partial charge is 0.368 e. The minimum absolute atomic E-state index is 0.165. The number of hydrogen-bond acceptors (Lipinski definition) is 3. The molecule has 0 radical (unpaired) electrons. The van der Waals surface area contributed by atoms with Crippen molar-refractivity contribution in [3.05, 3.63) is 18.0 Å². The van der Waals surface area contributed by atoms with Crippen molar-refractivity contribution in [1.29, 1.82) is 0 Å². The van der Waals surface area contributed by atoms with E-state index in [9.17, 15) is 9.59 Å². The second-order valence-electron chi connectivity index (χ2n) is 4.32. The summed E-state index contributed by atoms with van der Waals surface area (Å²) in [6, 6.07) is -0.476.